The predicted octanol–water partition coefficient (Wildman–Crippen LogP) is 3.95. The standard InChI is InChI=1S/C14H12BrNO4/c1-9-2-4-11(15)7-14(9)20-13-5-3-10(8-17)6-12(13)16(18)19/h2-7,17H,8H2,1H3. The molecule has 0 spiro atoms. The molecular weight excluding hydrogens is 326 g/mol. The molecule has 0 fully saturated rings. The van der Waals surface area contributed by atoms with Crippen molar-refractivity contribution in [3.05, 3.63) is 62.1 Å². The van der Waals surface area contributed by atoms with Crippen LogP contribution in [0.1, 0.15) is 11.1 Å². The molecule has 0 unspecified atom stereocenters. The predicted molar refractivity (Wildman–Crippen MR) is 78.0 cm³/mol. The van der Waals surface area contributed by atoms with Gasteiger partial charge in [0.2, 0.25) is 5.75 Å². The van der Waals surface area contributed by atoms with Gasteiger partial charge in [-0.15, -0.1) is 0 Å². The molecule has 0 aliphatic rings. The Balaban J connectivity index is 2.42. The summed E-state index contributed by atoms with van der Waals surface area (Å²) in [6.45, 7) is 1.60. The van der Waals surface area contributed by atoms with Crippen LogP contribution in [-0.4, -0.2) is 10.0 Å². The van der Waals surface area contributed by atoms with Crippen molar-refractivity contribution < 1.29 is 14.8 Å². The molecule has 0 aliphatic carbocycles. The van der Waals surface area contributed by atoms with Crippen LogP contribution in [0.25, 0.3) is 0 Å². The summed E-state index contributed by atoms with van der Waals surface area (Å²) in [5.41, 5.74) is 1.17. The summed E-state index contributed by atoms with van der Waals surface area (Å²) in [6.07, 6.45) is 0. The normalized spacial score (nSPS) is 10.3. The summed E-state index contributed by atoms with van der Waals surface area (Å²) in [6, 6.07) is 9.86. The summed E-state index contributed by atoms with van der Waals surface area (Å²) < 4.78 is 6.46. The van der Waals surface area contributed by atoms with Crippen LogP contribution < -0.4 is 4.74 Å². The number of nitrogens with zero attached hydrogens (tertiary/aromatic N) is 1. The first-order valence-electron chi connectivity index (χ1n) is 5.83. The van der Waals surface area contributed by atoms with E-state index in [1.807, 2.05) is 19.1 Å². The van der Waals surface area contributed by atoms with Crippen LogP contribution in [0.4, 0.5) is 5.69 Å². The molecule has 0 heterocycles. The minimum Gasteiger partial charge on any atom is -0.450 e. The molecule has 2 aromatic carbocycles. The van der Waals surface area contributed by atoms with E-state index in [1.54, 1.807) is 12.1 Å². The quantitative estimate of drug-likeness (QED) is 0.677. The Morgan fingerprint density at radius 1 is 1.25 bits per heavy atom. The van der Waals surface area contributed by atoms with E-state index < -0.39 is 4.92 Å². The van der Waals surface area contributed by atoms with Gasteiger partial charge in [0, 0.05) is 10.5 Å². The molecule has 0 saturated heterocycles. The van der Waals surface area contributed by atoms with Gasteiger partial charge in [-0.2, -0.15) is 0 Å². The zero-order chi connectivity index (χ0) is 14.7. The highest BCUT2D eigenvalue weighted by molar-refractivity contribution is 9.10. The van der Waals surface area contributed by atoms with Crippen molar-refractivity contribution in [1.29, 1.82) is 0 Å². The summed E-state index contributed by atoms with van der Waals surface area (Å²) in [5.74, 6) is 0.688. The molecule has 0 bridgehead atoms. The topological polar surface area (TPSA) is 72.6 Å². The van der Waals surface area contributed by atoms with Gasteiger partial charge in [-0.05, 0) is 36.2 Å². The SMILES string of the molecule is Cc1ccc(Br)cc1Oc1ccc(CO)cc1[N+](=O)[O-]. The fourth-order valence-corrected chi connectivity index (χ4v) is 2.03. The summed E-state index contributed by atoms with van der Waals surface area (Å²) in [5, 5.41) is 20.1. The number of halogens is 1. The summed E-state index contributed by atoms with van der Waals surface area (Å²) in [7, 11) is 0. The van der Waals surface area contributed by atoms with E-state index in [4.69, 9.17) is 9.84 Å². The second-order valence-corrected chi connectivity index (χ2v) is 5.14. The number of nitro groups is 1. The van der Waals surface area contributed by atoms with E-state index in [9.17, 15) is 10.1 Å². The average Bonchev–Trinajstić information content (AvgIpc) is 2.43. The van der Waals surface area contributed by atoms with Crippen molar-refractivity contribution in [1.82, 2.24) is 0 Å². The summed E-state index contributed by atoms with van der Waals surface area (Å²) >= 11 is 3.33. The third kappa shape index (κ3) is 3.15. The number of hydrogen-bond acceptors (Lipinski definition) is 4. The van der Waals surface area contributed by atoms with E-state index >= 15 is 0 Å². The van der Waals surface area contributed by atoms with E-state index in [-0.39, 0.29) is 18.0 Å². The molecule has 2 aromatic rings. The van der Waals surface area contributed by atoms with Crippen molar-refractivity contribution in [3.8, 4) is 11.5 Å². The van der Waals surface area contributed by atoms with Gasteiger partial charge in [-0.1, -0.05) is 28.1 Å². The van der Waals surface area contributed by atoms with E-state index in [0.29, 0.717) is 11.3 Å². The van der Waals surface area contributed by atoms with Crippen molar-refractivity contribution in [2.24, 2.45) is 0 Å². The third-order valence-corrected chi connectivity index (χ3v) is 3.27. The largest absolute Gasteiger partial charge is 0.450 e. The average molecular weight is 338 g/mol. The highest BCUT2D eigenvalue weighted by atomic mass is 79.9. The fraction of sp³-hybridized carbons (Fsp3) is 0.143. The molecule has 0 amide bonds. The Kier molecular flexibility index (Phi) is 4.36. The molecule has 1 N–H and O–H groups in total. The Hall–Kier alpha value is -1.92. The van der Waals surface area contributed by atoms with Crippen LogP contribution in [0.5, 0.6) is 11.5 Å². The zero-order valence-electron chi connectivity index (χ0n) is 10.7. The maximum absolute atomic E-state index is 11.1. The minimum atomic E-state index is -0.526. The van der Waals surface area contributed by atoms with Crippen molar-refractivity contribution in [2.45, 2.75) is 13.5 Å². The van der Waals surface area contributed by atoms with Gasteiger partial charge in [-0.25, -0.2) is 0 Å². The number of aliphatic hydroxyl groups is 1. The molecule has 0 atom stereocenters. The number of hydrogen-bond donors (Lipinski definition) is 1. The minimum absolute atomic E-state index is 0.147. The number of rotatable bonds is 4. The smallest absolute Gasteiger partial charge is 0.311 e. The Morgan fingerprint density at radius 3 is 2.65 bits per heavy atom. The van der Waals surface area contributed by atoms with E-state index in [1.165, 1.54) is 12.1 Å². The molecule has 0 saturated carbocycles. The fourth-order valence-electron chi connectivity index (χ4n) is 1.69. The van der Waals surface area contributed by atoms with Gasteiger partial charge in [0.1, 0.15) is 5.75 Å². The highest BCUT2D eigenvalue weighted by Gasteiger charge is 2.17. The number of ether oxygens (including phenoxy) is 1. The van der Waals surface area contributed by atoms with Crippen molar-refractivity contribution in [3.63, 3.8) is 0 Å². The van der Waals surface area contributed by atoms with Crippen LogP contribution >= 0.6 is 15.9 Å². The highest BCUT2D eigenvalue weighted by Crippen LogP contribution is 2.34. The molecule has 104 valence electrons. The van der Waals surface area contributed by atoms with Crippen molar-refractivity contribution in [2.75, 3.05) is 0 Å². The first kappa shape index (κ1) is 14.5. The van der Waals surface area contributed by atoms with E-state index in [0.717, 1.165) is 10.0 Å². The second-order valence-electron chi connectivity index (χ2n) is 4.23. The molecule has 0 radical (unpaired) electrons. The number of aliphatic hydroxyl groups excluding tert-OH is 1. The number of aryl methyl sites for hydroxylation is 1. The first-order valence-corrected chi connectivity index (χ1v) is 6.62. The maximum atomic E-state index is 11.1. The van der Waals surface area contributed by atoms with Gasteiger partial charge in [0.15, 0.2) is 0 Å². The lowest BCUT2D eigenvalue weighted by molar-refractivity contribution is -0.385. The van der Waals surface area contributed by atoms with Gasteiger partial charge in [0.05, 0.1) is 11.5 Å². The van der Waals surface area contributed by atoms with Crippen molar-refractivity contribution >= 4 is 21.6 Å². The Morgan fingerprint density at radius 2 is 2.00 bits per heavy atom. The maximum Gasteiger partial charge on any atom is 0.311 e. The molecule has 5 nitrogen and oxygen atoms in total. The lowest BCUT2D eigenvalue weighted by atomic mass is 10.2. The molecule has 6 heteroatoms. The van der Waals surface area contributed by atoms with Crippen LogP contribution in [0.3, 0.4) is 0 Å². The molecule has 0 aromatic heterocycles. The molecule has 2 rings (SSSR count). The van der Waals surface area contributed by atoms with Crippen LogP contribution in [0, 0.1) is 17.0 Å². The molecule has 20 heavy (non-hydrogen) atoms. The molecule has 0 aliphatic heterocycles. The number of nitro benzene ring substituents is 1. The Bertz CT molecular complexity index is 658. The van der Waals surface area contributed by atoms with Gasteiger partial charge in [-0.3, -0.25) is 10.1 Å². The zero-order valence-corrected chi connectivity index (χ0v) is 12.3. The van der Waals surface area contributed by atoms with Gasteiger partial charge in [0.25, 0.3) is 0 Å². The Labute approximate surface area is 124 Å². The molecular formula is C14H12BrNO4. The van der Waals surface area contributed by atoms with Gasteiger partial charge < -0.3 is 9.84 Å². The third-order valence-electron chi connectivity index (χ3n) is 2.77. The van der Waals surface area contributed by atoms with Crippen LogP contribution in [-0.2, 0) is 6.61 Å². The lowest BCUT2D eigenvalue weighted by Crippen LogP contribution is -1.96. The van der Waals surface area contributed by atoms with Crippen LogP contribution in [0.15, 0.2) is 40.9 Å². The van der Waals surface area contributed by atoms with Crippen LogP contribution in [0.2, 0.25) is 0 Å². The lowest BCUT2D eigenvalue weighted by Gasteiger charge is -2.10. The van der Waals surface area contributed by atoms with Gasteiger partial charge >= 0.3 is 5.69 Å². The summed E-state index contributed by atoms with van der Waals surface area (Å²) in [4.78, 5) is 10.5. The van der Waals surface area contributed by atoms with E-state index in [2.05, 4.69) is 15.9 Å². The number of benzene rings is 2. The monoisotopic (exact) mass is 337 g/mol. The second kappa shape index (κ2) is 6.02. The first-order chi connectivity index (χ1) is 9.51.